The highest BCUT2D eigenvalue weighted by Crippen LogP contribution is 2.23. The summed E-state index contributed by atoms with van der Waals surface area (Å²) in [6.07, 6.45) is 1.73. The molecule has 3 N–H and O–H groups in total. The number of para-hydroxylation sites is 1. The molecule has 0 saturated heterocycles. The second-order valence-corrected chi connectivity index (χ2v) is 6.79. The Balaban J connectivity index is 2.86. The van der Waals surface area contributed by atoms with Crippen LogP contribution in [0.25, 0.3) is 0 Å². The van der Waals surface area contributed by atoms with E-state index in [4.69, 9.17) is 5.73 Å². The maximum absolute atomic E-state index is 12.2. The fourth-order valence-electron chi connectivity index (χ4n) is 1.63. The van der Waals surface area contributed by atoms with E-state index in [1.54, 1.807) is 18.2 Å². The number of rotatable bonds is 7. The highest BCUT2D eigenvalue weighted by Gasteiger charge is 2.20. The molecular formula is C13H23N3O2S. The average Bonchev–Trinajstić information content (AvgIpc) is 2.38. The van der Waals surface area contributed by atoms with Gasteiger partial charge in [0.15, 0.2) is 0 Å². The third-order valence-electron chi connectivity index (χ3n) is 3.00. The van der Waals surface area contributed by atoms with Crippen LogP contribution in [0, 0.1) is 0 Å². The molecule has 0 aliphatic carbocycles. The van der Waals surface area contributed by atoms with Gasteiger partial charge in [-0.05, 0) is 25.0 Å². The van der Waals surface area contributed by atoms with Gasteiger partial charge >= 0.3 is 0 Å². The summed E-state index contributed by atoms with van der Waals surface area (Å²) in [7, 11) is -0.370. The van der Waals surface area contributed by atoms with Gasteiger partial charge in [-0.15, -0.1) is 0 Å². The molecule has 1 rings (SSSR count). The predicted molar refractivity (Wildman–Crippen MR) is 78.7 cm³/mol. The van der Waals surface area contributed by atoms with Crippen LogP contribution in [-0.4, -0.2) is 39.4 Å². The van der Waals surface area contributed by atoms with E-state index in [1.807, 2.05) is 13.0 Å². The second-order valence-electron chi connectivity index (χ2n) is 4.67. The molecule has 0 radical (unpaired) electrons. The minimum Gasteiger partial charge on any atom is -0.384 e. The van der Waals surface area contributed by atoms with Crippen molar-refractivity contribution < 1.29 is 8.42 Å². The molecule has 19 heavy (non-hydrogen) atoms. The summed E-state index contributed by atoms with van der Waals surface area (Å²) in [5.41, 5.74) is 6.47. The largest absolute Gasteiger partial charge is 0.384 e. The van der Waals surface area contributed by atoms with Gasteiger partial charge in [0.25, 0.3) is 0 Å². The first kappa shape index (κ1) is 15.9. The van der Waals surface area contributed by atoms with Gasteiger partial charge in [0.1, 0.15) is 4.90 Å². The number of nitrogens with one attached hydrogen (secondary N) is 1. The number of nitrogens with two attached hydrogens (primary N) is 1. The van der Waals surface area contributed by atoms with Crippen LogP contribution in [0.2, 0.25) is 0 Å². The van der Waals surface area contributed by atoms with E-state index in [2.05, 4.69) is 5.32 Å². The summed E-state index contributed by atoms with van der Waals surface area (Å²) in [5, 5.41) is 3.15. The summed E-state index contributed by atoms with van der Waals surface area (Å²) in [6, 6.07) is 7.06. The van der Waals surface area contributed by atoms with Gasteiger partial charge in [0.2, 0.25) is 10.0 Å². The van der Waals surface area contributed by atoms with Gasteiger partial charge in [-0.3, -0.25) is 0 Å². The molecule has 1 aromatic rings. The highest BCUT2D eigenvalue weighted by molar-refractivity contribution is 7.89. The van der Waals surface area contributed by atoms with Crippen LogP contribution < -0.4 is 11.1 Å². The zero-order chi connectivity index (χ0) is 14.5. The van der Waals surface area contributed by atoms with Crippen molar-refractivity contribution in [3.8, 4) is 0 Å². The summed E-state index contributed by atoms with van der Waals surface area (Å²) >= 11 is 0. The Kier molecular flexibility index (Phi) is 5.78. The first-order valence-electron chi connectivity index (χ1n) is 6.40. The van der Waals surface area contributed by atoms with Crippen LogP contribution in [0.1, 0.15) is 19.8 Å². The molecule has 108 valence electrons. The van der Waals surface area contributed by atoms with Crippen molar-refractivity contribution in [2.24, 2.45) is 5.73 Å². The Morgan fingerprint density at radius 2 is 1.95 bits per heavy atom. The van der Waals surface area contributed by atoms with E-state index in [0.29, 0.717) is 17.1 Å². The number of benzene rings is 1. The van der Waals surface area contributed by atoms with Gasteiger partial charge in [-0.25, -0.2) is 12.7 Å². The molecular weight excluding hydrogens is 262 g/mol. The third-order valence-corrected chi connectivity index (χ3v) is 4.87. The number of sulfonamides is 1. The van der Waals surface area contributed by atoms with Crippen LogP contribution in [0.5, 0.6) is 0 Å². The maximum Gasteiger partial charge on any atom is 0.244 e. The zero-order valence-electron chi connectivity index (χ0n) is 11.8. The molecule has 1 atom stereocenters. The van der Waals surface area contributed by atoms with E-state index in [0.717, 1.165) is 12.8 Å². The van der Waals surface area contributed by atoms with E-state index in [1.165, 1.54) is 18.4 Å². The van der Waals surface area contributed by atoms with Crippen LogP contribution in [-0.2, 0) is 10.0 Å². The fraction of sp³-hybridized carbons (Fsp3) is 0.538. The highest BCUT2D eigenvalue weighted by atomic mass is 32.2. The molecule has 1 unspecified atom stereocenters. The topological polar surface area (TPSA) is 75.4 Å². The van der Waals surface area contributed by atoms with Gasteiger partial charge in [0, 0.05) is 26.7 Å². The van der Waals surface area contributed by atoms with E-state index >= 15 is 0 Å². The van der Waals surface area contributed by atoms with Crippen LogP contribution in [0.15, 0.2) is 29.2 Å². The Morgan fingerprint density at radius 3 is 2.53 bits per heavy atom. The molecule has 0 amide bonds. The lowest BCUT2D eigenvalue weighted by molar-refractivity contribution is 0.521. The molecule has 5 nitrogen and oxygen atoms in total. The molecule has 0 heterocycles. The van der Waals surface area contributed by atoms with Crippen molar-refractivity contribution in [3.63, 3.8) is 0 Å². The Hall–Kier alpha value is -1.11. The van der Waals surface area contributed by atoms with Gasteiger partial charge in [0.05, 0.1) is 5.69 Å². The SMILES string of the molecule is CCC(N)CCNc1ccccc1S(=O)(=O)N(C)C. The first-order valence-corrected chi connectivity index (χ1v) is 7.84. The van der Waals surface area contributed by atoms with Gasteiger partial charge in [-0.2, -0.15) is 0 Å². The molecule has 0 aromatic heterocycles. The summed E-state index contributed by atoms with van der Waals surface area (Å²) < 4.78 is 25.5. The fourth-order valence-corrected chi connectivity index (χ4v) is 2.69. The molecule has 6 heteroatoms. The lowest BCUT2D eigenvalue weighted by atomic mass is 10.2. The number of hydrogen-bond acceptors (Lipinski definition) is 4. The maximum atomic E-state index is 12.2. The number of anilines is 1. The summed E-state index contributed by atoms with van der Waals surface area (Å²) in [4.78, 5) is 0.296. The normalized spacial score (nSPS) is 13.5. The van der Waals surface area contributed by atoms with Crippen molar-refractivity contribution in [2.45, 2.75) is 30.7 Å². The van der Waals surface area contributed by atoms with Crippen molar-refractivity contribution >= 4 is 15.7 Å². The Bertz CT molecular complexity index is 500. The third kappa shape index (κ3) is 4.19. The lowest BCUT2D eigenvalue weighted by Gasteiger charge is -2.17. The molecule has 0 saturated carbocycles. The summed E-state index contributed by atoms with van der Waals surface area (Å²) in [6.45, 7) is 2.70. The Labute approximate surface area is 115 Å². The predicted octanol–water partition coefficient (Wildman–Crippen LogP) is 1.48. The zero-order valence-corrected chi connectivity index (χ0v) is 12.6. The van der Waals surface area contributed by atoms with Gasteiger partial charge in [-0.1, -0.05) is 19.1 Å². The first-order chi connectivity index (χ1) is 8.89. The summed E-state index contributed by atoms with van der Waals surface area (Å²) in [5.74, 6) is 0. The van der Waals surface area contributed by atoms with E-state index < -0.39 is 10.0 Å². The molecule has 0 fully saturated rings. The molecule has 0 bridgehead atoms. The van der Waals surface area contributed by atoms with Gasteiger partial charge < -0.3 is 11.1 Å². The van der Waals surface area contributed by atoms with Crippen LogP contribution in [0.4, 0.5) is 5.69 Å². The van der Waals surface area contributed by atoms with Crippen molar-refractivity contribution in [2.75, 3.05) is 26.0 Å². The second kappa shape index (κ2) is 6.88. The van der Waals surface area contributed by atoms with Crippen molar-refractivity contribution in [3.05, 3.63) is 24.3 Å². The smallest absolute Gasteiger partial charge is 0.244 e. The van der Waals surface area contributed by atoms with Crippen molar-refractivity contribution in [1.82, 2.24) is 4.31 Å². The van der Waals surface area contributed by atoms with Crippen LogP contribution >= 0.6 is 0 Å². The van der Waals surface area contributed by atoms with E-state index in [-0.39, 0.29) is 6.04 Å². The quantitative estimate of drug-likeness (QED) is 0.795. The molecule has 0 spiro atoms. The average molecular weight is 285 g/mol. The molecule has 0 aliphatic rings. The monoisotopic (exact) mass is 285 g/mol. The van der Waals surface area contributed by atoms with E-state index in [9.17, 15) is 8.42 Å². The minimum absolute atomic E-state index is 0.144. The molecule has 1 aromatic carbocycles. The van der Waals surface area contributed by atoms with Crippen LogP contribution in [0.3, 0.4) is 0 Å². The molecule has 0 aliphatic heterocycles. The lowest BCUT2D eigenvalue weighted by Crippen LogP contribution is -2.25. The minimum atomic E-state index is -3.42. The number of hydrogen-bond donors (Lipinski definition) is 2. The number of nitrogens with zero attached hydrogens (tertiary/aromatic N) is 1. The standard InChI is InChI=1S/C13H23N3O2S/c1-4-11(14)9-10-15-12-7-5-6-8-13(12)19(17,18)16(2)3/h5-8,11,15H,4,9-10,14H2,1-3H3. The van der Waals surface area contributed by atoms with Crippen molar-refractivity contribution in [1.29, 1.82) is 0 Å². The Morgan fingerprint density at radius 1 is 1.32 bits per heavy atom.